The van der Waals surface area contributed by atoms with E-state index >= 15 is 4.39 Å². The summed E-state index contributed by atoms with van der Waals surface area (Å²) in [5.74, 6) is -1.02. The van der Waals surface area contributed by atoms with Crippen molar-refractivity contribution in [3.63, 3.8) is 0 Å². The zero-order chi connectivity index (χ0) is 25.1. The summed E-state index contributed by atoms with van der Waals surface area (Å²) in [7, 11) is 0. The second-order valence-corrected chi connectivity index (χ2v) is 8.30. The molecule has 1 saturated heterocycles. The molecule has 10 nitrogen and oxygen atoms in total. The van der Waals surface area contributed by atoms with Gasteiger partial charge in [-0.15, -0.1) is 0 Å². The predicted molar refractivity (Wildman–Crippen MR) is 130 cm³/mol. The van der Waals surface area contributed by atoms with Crippen molar-refractivity contribution in [1.82, 2.24) is 14.7 Å². The number of cyclic esters (lactones) is 1. The molecule has 1 aliphatic rings. The lowest BCUT2D eigenvalue weighted by Gasteiger charge is -2.14. The Kier molecular flexibility index (Phi) is 8.38. The number of halogens is 1. The van der Waals surface area contributed by atoms with Crippen molar-refractivity contribution in [2.24, 2.45) is 0 Å². The number of amides is 2. The minimum absolute atomic E-state index is 0. The fraction of sp³-hybridized carbons (Fsp3) is 0.360. The van der Waals surface area contributed by atoms with E-state index in [1.54, 1.807) is 34.9 Å². The molecule has 1 aromatic carbocycles. The molecule has 3 heterocycles. The van der Waals surface area contributed by atoms with Gasteiger partial charge >= 0.3 is 6.09 Å². The maximum absolute atomic E-state index is 15.0. The van der Waals surface area contributed by atoms with Crippen LogP contribution in [0.25, 0.3) is 16.8 Å². The molecule has 3 N–H and O–H groups in total. The molecule has 0 aliphatic carbocycles. The summed E-state index contributed by atoms with van der Waals surface area (Å²) in [4.78, 5) is 41.3. The number of rotatable bonds is 9. The SMILES string of the molecule is C.CC(=O)NC[C@H]1CN(c2ccc(-c3ccn4c(C(=O)CC[C@@H](O)CO)cnc4c3)c(F)c2)C(=O)O1. The molecule has 2 aromatic heterocycles. The smallest absolute Gasteiger partial charge is 0.414 e. The van der Waals surface area contributed by atoms with Crippen LogP contribution in [0, 0.1) is 5.82 Å². The molecule has 1 aliphatic heterocycles. The molecule has 0 spiro atoms. The Morgan fingerprint density at radius 3 is 2.78 bits per heavy atom. The number of benzene rings is 1. The maximum Gasteiger partial charge on any atom is 0.414 e. The van der Waals surface area contributed by atoms with Crippen LogP contribution in [0.5, 0.6) is 0 Å². The Balaban J connectivity index is 0.00000361. The average Bonchev–Trinajstić information content (AvgIpc) is 3.43. The third-order valence-electron chi connectivity index (χ3n) is 5.74. The number of ketones is 1. The zero-order valence-electron chi connectivity index (χ0n) is 19.0. The number of aliphatic hydroxyl groups excluding tert-OH is 2. The third kappa shape index (κ3) is 5.69. The van der Waals surface area contributed by atoms with Crippen molar-refractivity contribution < 1.29 is 33.7 Å². The lowest BCUT2D eigenvalue weighted by atomic mass is 10.1. The number of nitrogens with zero attached hydrogens (tertiary/aromatic N) is 3. The number of fused-ring (bicyclic) bond motifs is 1. The van der Waals surface area contributed by atoms with E-state index in [0.717, 1.165) is 0 Å². The highest BCUT2D eigenvalue weighted by atomic mass is 19.1. The Labute approximate surface area is 207 Å². The first-order valence-electron chi connectivity index (χ1n) is 11.1. The number of hydrogen-bond acceptors (Lipinski definition) is 7. The predicted octanol–water partition coefficient (Wildman–Crippen LogP) is 2.55. The van der Waals surface area contributed by atoms with Gasteiger partial charge in [0.25, 0.3) is 0 Å². The molecular formula is C25H29FN4O6. The van der Waals surface area contributed by atoms with Crippen LogP contribution in [0.3, 0.4) is 0 Å². The van der Waals surface area contributed by atoms with E-state index in [1.807, 2.05) is 0 Å². The maximum atomic E-state index is 15.0. The van der Waals surface area contributed by atoms with Crippen LogP contribution in [-0.2, 0) is 9.53 Å². The van der Waals surface area contributed by atoms with Gasteiger partial charge in [0.1, 0.15) is 23.3 Å². The molecule has 1 fully saturated rings. The van der Waals surface area contributed by atoms with Gasteiger partial charge in [-0.2, -0.15) is 0 Å². The first kappa shape index (κ1) is 26.8. The highest BCUT2D eigenvalue weighted by Crippen LogP contribution is 2.30. The second-order valence-electron chi connectivity index (χ2n) is 8.30. The standard InChI is InChI=1S/C24H25FN4O6.CH4/c1-14(31)26-10-18-12-29(24(34)35-18)16-2-4-19(20(25)9-16)15-6-7-28-21(11-27-23(28)8-15)22(33)5-3-17(32)13-30;/h2,4,6-9,11,17-18,30,32H,3,5,10,12-13H2,1H3,(H,26,31);1H4/t17-,18+;/m1./s1. The molecule has 36 heavy (non-hydrogen) atoms. The van der Waals surface area contributed by atoms with Gasteiger partial charge in [-0.3, -0.25) is 18.9 Å². The second kappa shape index (κ2) is 11.3. The highest BCUT2D eigenvalue weighted by Gasteiger charge is 2.32. The van der Waals surface area contributed by atoms with Gasteiger partial charge in [-0.1, -0.05) is 7.43 Å². The van der Waals surface area contributed by atoms with Crippen molar-refractivity contribution in [3.05, 3.63) is 54.2 Å². The largest absolute Gasteiger partial charge is 0.442 e. The molecule has 3 aromatic rings. The minimum Gasteiger partial charge on any atom is -0.442 e. The highest BCUT2D eigenvalue weighted by molar-refractivity contribution is 5.95. The van der Waals surface area contributed by atoms with E-state index in [-0.39, 0.29) is 45.0 Å². The van der Waals surface area contributed by atoms with Crippen LogP contribution in [0.1, 0.15) is 37.7 Å². The van der Waals surface area contributed by atoms with Crippen LogP contribution in [0.4, 0.5) is 14.9 Å². The number of aliphatic hydroxyl groups is 2. The number of imidazole rings is 1. The summed E-state index contributed by atoms with van der Waals surface area (Å²) in [6.45, 7) is 1.32. The van der Waals surface area contributed by atoms with Crippen molar-refractivity contribution >= 4 is 29.1 Å². The van der Waals surface area contributed by atoms with Gasteiger partial charge in [0.05, 0.1) is 37.7 Å². The summed E-state index contributed by atoms with van der Waals surface area (Å²) in [6, 6.07) is 7.70. The summed E-state index contributed by atoms with van der Waals surface area (Å²) in [5.41, 5.74) is 1.94. The number of nitrogens with one attached hydrogen (secondary N) is 1. The Morgan fingerprint density at radius 2 is 2.08 bits per heavy atom. The number of pyridine rings is 1. The van der Waals surface area contributed by atoms with E-state index in [4.69, 9.17) is 9.84 Å². The summed E-state index contributed by atoms with van der Waals surface area (Å²) < 4.78 is 21.9. The van der Waals surface area contributed by atoms with Gasteiger partial charge in [0, 0.05) is 25.1 Å². The van der Waals surface area contributed by atoms with E-state index in [9.17, 15) is 19.5 Å². The lowest BCUT2D eigenvalue weighted by molar-refractivity contribution is -0.119. The van der Waals surface area contributed by atoms with Crippen LogP contribution in [0.2, 0.25) is 0 Å². The van der Waals surface area contributed by atoms with E-state index < -0.39 is 30.7 Å². The summed E-state index contributed by atoms with van der Waals surface area (Å²) in [5, 5.41) is 21.0. The summed E-state index contributed by atoms with van der Waals surface area (Å²) >= 11 is 0. The van der Waals surface area contributed by atoms with Crippen molar-refractivity contribution in [3.8, 4) is 11.1 Å². The third-order valence-corrected chi connectivity index (χ3v) is 5.74. The van der Waals surface area contributed by atoms with Gasteiger partial charge < -0.3 is 20.3 Å². The normalized spacial score (nSPS) is 15.9. The van der Waals surface area contributed by atoms with Gasteiger partial charge in [0.2, 0.25) is 5.91 Å². The molecule has 0 bridgehead atoms. The zero-order valence-corrected chi connectivity index (χ0v) is 19.0. The molecule has 4 rings (SSSR count). The first-order valence-corrected chi connectivity index (χ1v) is 11.1. The van der Waals surface area contributed by atoms with Crippen LogP contribution in [-0.4, -0.2) is 69.3 Å². The lowest BCUT2D eigenvalue weighted by Crippen LogP contribution is -2.33. The molecule has 192 valence electrons. The van der Waals surface area contributed by atoms with E-state index in [1.165, 1.54) is 24.1 Å². The van der Waals surface area contributed by atoms with Gasteiger partial charge in [0.15, 0.2) is 5.78 Å². The van der Waals surface area contributed by atoms with Crippen LogP contribution >= 0.6 is 0 Å². The van der Waals surface area contributed by atoms with Crippen molar-refractivity contribution in [2.75, 3.05) is 24.6 Å². The minimum atomic E-state index is -0.957. The van der Waals surface area contributed by atoms with Crippen LogP contribution in [0.15, 0.2) is 42.7 Å². The van der Waals surface area contributed by atoms with Crippen molar-refractivity contribution in [1.29, 1.82) is 0 Å². The molecule has 2 amide bonds. The number of carbonyl (C=O) groups excluding carboxylic acids is 3. The number of Topliss-reactive ketones (excluding diaryl/α,β-unsaturated/α-hetero) is 1. The molecule has 2 atom stereocenters. The quantitative estimate of drug-likeness (QED) is 0.385. The van der Waals surface area contributed by atoms with E-state index in [0.29, 0.717) is 28.2 Å². The number of carbonyl (C=O) groups is 3. The molecule has 0 unspecified atom stereocenters. The fourth-order valence-electron chi connectivity index (χ4n) is 3.87. The Bertz CT molecular complexity index is 1280. The monoisotopic (exact) mass is 500 g/mol. The van der Waals surface area contributed by atoms with E-state index in [2.05, 4.69) is 10.3 Å². The number of hydrogen-bond donors (Lipinski definition) is 3. The molecular weight excluding hydrogens is 471 g/mol. The molecule has 0 saturated carbocycles. The number of anilines is 1. The molecule has 11 heteroatoms. The van der Waals surface area contributed by atoms with Gasteiger partial charge in [-0.05, 0) is 42.3 Å². The Hall–Kier alpha value is -3.83. The molecule has 0 radical (unpaired) electrons. The van der Waals surface area contributed by atoms with Gasteiger partial charge in [-0.25, -0.2) is 14.2 Å². The fourth-order valence-corrected chi connectivity index (χ4v) is 3.87. The number of ether oxygens (including phenoxy) is 1. The summed E-state index contributed by atoms with van der Waals surface area (Å²) in [6.07, 6.45) is 1.12. The topological polar surface area (TPSA) is 133 Å². The van der Waals surface area contributed by atoms with Crippen LogP contribution < -0.4 is 10.2 Å². The first-order chi connectivity index (χ1) is 16.8. The average molecular weight is 501 g/mol. The number of aromatic nitrogens is 2. The van der Waals surface area contributed by atoms with Crippen molar-refractivity contribution in [2.45, 2.75) is 39.4 Å². The Morgan fingerprint density at radius 1 is 1.31 bits per heavy atom.